The van der Waals surface area contributed by atoms with Crippen molar-refractivity contribution in [1.29, 1.82) is 0 Å². The Morgan fingerprint density at radius 1 is 0.923 bits per heavy atom. The van der Waals surface area contributed by atoms with Crippen molar-refractivity contribution < 1.29 is 4.39 Å². The van der Waals surface area contributed by atoms with E-state index in [4.69, 9.17) is 4.98 Å². The lowest BCUT2D eigenvalue weighted by atomic mass is 10.0. The number of nitrogens with one attached hydrogen (secondary N) is 3. The van der Waals surface area contributed by atoms with Crippen molar-refractivity contribution in [1.82, 2.24) is 35.5 Å². The smallest absolute Gasteiger partial charge is 0.159 e. The van der Waals surface area contributed by atoms with Crippen LogP contribution >= 0.6 is 0 Å². The Kier molecular flexibility index (Phi) is 6.09. The Balaban J connectivity index is 1.20. The molecule has 2 aromatic carbocycles. The minimum Gasteiger partial charge on any atom is -0.337 e. The number of hydrogen-bond donors (Lipinski definition) is 3. The Hall–Kier alpha value is -4.43. The summed E-state index contributed by atoms with van der Waals surface area (Å²) in [5, 5.41) is 12.1. The fraction of sp³-hybridized carbons (Fsp3) is 0.226. The number of para-hydroxylation sites is 1. The van der Waals surface area contributed by atoms with Gasteiger partial charge in [-0.3, -0.25) is 10.1 Å². The van der Waals surface area contributed by atoms with Crippen LogP contribution in [0.5, 0.6) is 0 Å². The molecule has 0 radical (unpaired) electrons. The number of rotatable bonds is 7. The van der Waals surface area contributed by atoms with Crippen LogP contribution in [-0.4, -0.2) is 36.7 Å². The van der Waals surface area contributed by atoms with Gasteiger partial charge in [0.15, 0.2) is 11.5 Å². The van der Waals surface area contributed by atoms with E-state index in [1.54, 1.807) is 12.1 Å². The second kappa shape index (κ2) is 10.0. The summed E-state index contributed by atoms with van der Waals surface area (Å²) in [6, 6.07) is 16.7. The minimum absolute atomic E-state index is 0.263. The van der Waals surface area contributed by atoms with Gasteiger partial charge in [0.2, 0.25) is 0 Å². The van der Waals surface area contributed by atoms with Crippen molar-refractivity contribution in [2.45, 2.75) is 32.2 Å². The molecule has 7 nitrogen and oxygen atoms in total. The summed E-state index contributed by atoms with van der Waals surface area (Å²) in [4.78, 5) is 17.5. The lowest BCUT2D eigenvalue weighted by Crippen LogP contribution is -2.20. The first-order valence-electron chi connectivity index (χ1n) is 13.5. The highest BCUT2D eigenvalue weighted by atomic mass is 19.1. The second-order valence-corrected chi connectivity index (χ2v) is 10.3. The van der Waals surface area contributed by atoms with Gasteiger partial charge in [-0.25, -0.2) is 14.4 Å². The summed E-state index contributed by atoms with van der Waals surface area (Å²) in [7, 11) is 0. The maximum atomic E-state index is 13.5. The van der Waals surface area contributed by atoms with Gasteiger partial charge in [-0.15, -0.1) is 0 Å². The summed E-state index contributed by atoms with van der Waals surface area (Å²) < 4.78 is 13.5. The normalized spacial score (nSPS) is 14.1. The Morgan fingerprint density at radius 3 is 2.64 bits per heavy atom. The third kappa shape index (κ3) is 4.68. The van der Waals surface area contributed by atoms with Gasteiger partial charge >= 0.3 is 0 Å². The lowest BCUT2D eigenvalue weighted by molar-refractivity contribution is 0.489. The molecule has 4 aromatic heterocycles. The van der Waals surface area contributed by atoms with Gasteiger partial charge in [0.25, 0.3) is 0 Å². The third-order valence-corrected chi connectivity index (χ3v) is 7.67. The lowest BCUT2D eigenvalue weighted by Gasteiger charge is -2.11. The molecule has 0 atom stereocenters. The van der Waals surface area contributed by atoms with Gasteiger partial charge < -0.3 is 10.3 Å². The first-order valence-corrected chi connectivity index (χ1v) is 13.5. The van der Waals surface area contributed by atoms with E-state index in [2.05, 4.69) is 42.6 Å². The number of imidazole rings is 1. The zero-order valence-corrected chi connectivity index (χ0v) is 21.4. The molecule has 6 aromatic rings. The van der Waals surface area contributed by atoms with Gasteiger partial charge in [-0.2, -0.15) is 5.10 Å². The Bertz CT molecular complexity index is 1760. The first kappa shape index (κ1) is 23.7. The molecule has 1 fully saturated rings. The van der Waals surface area contributed by atoms with Crippen LogP contribution in [0, 0.1) is 11.7 Å². The van der Waals surface area contributed by atoms with Gasteiger partial charge in [0.05, 0.1) is 16.4 Å². The summed E-state index contributed by atoms with van der Waals surface area (Å²) in [6.07, 6.45) is 11.0. The van der Waals surface area contributed by atoms with E-state index in [0.29, 0.717) is 17.2 Å². The van der Waals surface area contributed by atoms with Crippen LogP contribution < -0.4 is 5.32 Å². The van der Waals surface area contributed by atoms with Crippen molar-refractivity contribution in [3.63, 3.8) is 0 Å². The summed E-state index contributed by atoms with van der Waals surface area (Å²) in [5.74, 6) is 1.19. The number of pyridine rings is 2. The van der Waals surface area contributed by atoms with Crippen LogP contribution in [-0.2, 0) is 6.54 Å². The molecule has 1 aliphatic carbocycles. The summed E-state index contributed by atoms with van der Waals surface area (Å²) >= 11 is 0. The number of benzene rings is 2. The van der Waals surface area contributed by atoms with E-state index < -0.39 is 0 Å². The third-order valence-electron chi connectivity index (χ3n) is 7.67. The summed E-state index contributed by atoms with van der Waals surface area (Å²) in [6.45, 7) is 1.87. The number of aromatic amines is 2. The maximum absolute atomic E-state index is 13.5. The quantitative estimate of drug-likeness (QED) is 0.220. The molecule has 0 amide bonds. The molecule has 0 spiro atoms. The molecule has 0 bridgehead atoms. The average molecular weight is 518 g/mol. The van der Waals surface area contributed by atoms with Gasteiger partial charge in [0.1, 0.15) is 11.5 Å². The molecular weight excluding hydrogens is 489 g/mol. The van der Waals surface area contributed by atoms with E-state index in [0.717, 1.165) is 63.2 Å². The second-order valence-electron chi connectivity index (χ2n) is 10.3. The molecule has 0 saturated heterocycles. The molecule has 7 rings (SSSR count). The van der Waals surface area contributed by atoms with Crippen LogP contribution in [0.15, 0.2) is 73.2 Å². The molecule has 0 aliphatic heterocycles. The SMILES string of the molecule is Fc1ccc(-c2cccc3[nH]c(-c4n[nH]c5ncc(-c6cncc(CNCC7CCCC7)c6)cc45)nc23)cc1. The molecule has 1 saturated carbocycles. The molecule has 3 N–H and O–H groups in total. The monoisotopic (exact) mass is 517 g/mol. The van der Waals surface area contributed by atoms with E-state index in [1.165, 1.54) is 37.8 Å². The highest BCUT2D eigenvalue weighted by Crippen LogP contribution is 2.32. The van der Waals surface area contributed by atoms with E-state index in [-0.39, 0.29) is 5.82 Å². The van der Waals surface area contributed by atoms with Crippen molar-refractivity contribution in [3.8, 4) is 33.8 Å². The maximum Gasteiger partial charge on any atom is 0.159 e. The zero-order chi connectivity index (χ0) is 26.2. The number of H-pyrrole nitrogens is 2. The molecule has 1 aliphatic rings. The topological polar surface area (TPSA) is 95.2 Å². The van der Waals surface area contributed by atoms with Crippen LogP contribution in [0.4, 0.5) is 4.39 Å². The number of fused-ring (bicyclic) bond motifs is 2. The van der Waals surface area contributed by atoms with E-state index in [9.17, 15) is 4.39 Å². The highest BCUT2D eigenvalue weighted by Gasteiger charge is 2.17. The van der Waals surface area contributed by atoms with Crippen molar-refractivity contribution in [3.05, 3.63) is 84.6 Å². The number of aromatic nitrogens is 6. The van der Waals surface area contributed by atoms with Crippen molar-refractivity contribution in [2.24, 2.45) is 5.92 Å². The fourth-order valence-corrected chi connectivity index (χ4v) is 5.63. The standard InChI is InChI=1S/C31H28FN7/c32-24-10-8-21(9-11-24)25-6-3-7-27-28(25)37-31(36-27)29-26-13-23(18-35-30(26)39-38-29)22-12-20(16-34-17-22)15-33-14-19-4-1-2-5-19/h3,6-13,16-19,33H,1-2,4-5,14-15H2,(H,36,37)(H,35,38,39). The van der Waals surface area contributed by atoms with E-state index >= 15 is 0 Å². The van der Waals surface area contributed by atoms with Crippen LogP contribution in [0.2, 0.25) is 0 Å². The van der Waals surface area contributed by atoms with Crippen LogP contribution in [0.1, 0.15) is 31.2 Å². The van der Waals surface area contributed by atoms with Crippen LogP contribution in [0.25, 0.3) is 55.8 Å². The van der Waals surface area contributed by atoms with Gasteiger partial charge in [-0.1, -0.05) is 37.1 Å². The number of halogens is 1. The minimum atomic E-state index is -0.263. The average Bonchev–Trinajstić information content (AvgIpc) is 3.73. The van der Waals surface area contributed by atoms with Gasteiger partial charge in [0, 0.05) is 41.8 Å². The molecule has 194 valence electrons. The fourth-order valence-electron chi connectivity index (χ4n) is 5.63. The Morgan fingerprint density at radius 2 is 1.77 bits per heavy atom. The Labute approximate surface area is 224 Å². The van der Waals surface area contributed by atoms with Crippen molar-refractivity contribution in [2.75, 3.05) is 6.54 Å². The first-order chi connectivity index (χ1) is 19.2. The van der Waals surface area contributed by atoms with Crippen molar-refractivity contribution >= 4 is 22.1 Å². The van der Waals surface area contributed by atoms with Gasteiger partial charge in [-0.05, 0) is 66.8 Å². The number of nitrogens with zero attached hydrogens (tertiary/aromatic N) is 4. The predicted octanol–water partition coefficient (Wildman–Crippen LogP) is 6.65. The highest BCUT2D eigenvalue weighted by molar-refractivity contribution is 5.97. The summed E-state index contributed by atoms with van der Waals surface area (Å²) in [5.41, 5.74) is 8.05. The van der Waals surface area contributed by atoms with Crippen LogP contribution in [0.3, 0.4) is 0 Å². The predicted molar refractivity (Wildman–Crippen MR) is 151 cm³/mol. The number of hydrogen-bond acceptors (Lipinski definition) is 5. The zero-order valence-electron chi connectivity index (χ0n) is 21.4. The largest absolute Gasteiger partial charge is 0.337 e. The van der Waals surface area contributed by atoms with E-state index in [1.807, 2.05) is 36.8 Å². The molecule has 4 heterocycles. The molecule has 39 heavy (non-hydrogen) atoms. The molecule has 8 heteroatoms. The molecule has 0 unspecified atom stereocenters. The molecular formula is C31H28FN7.